The van der Waals surface area contributed by atoms with Gasteiger partial charge in [-0.1, -0.05) is 36.4 Å². The molecule has 9 heteroatoms. The Morgan fingerprint density at radius 1 is 1.06 bits per heavy atom. The standard InChI is InChI=1S/C22H21F3N4O2/c1-14-11-20(29(28-14)18-10-6-9-17(12-18)22(23,24)25)27-21(31)13-19(26-15(2)30)16-7-4-3-5-8-16/h3-12,19H,13H2,1-2H3,(H,26,30)(H,27,31). The van der Waals surface area contributed by atoms with Crippen molar-refractivity contribution in [3.8, 4) is 5.69 Å². The number of nitrogens with one attached hydrogen (secondary N) is 2. The molecule has 1 atom stereocenters. The molecule has 0 aliphatic heterocycles. The maximum absolute atomic E-state index is 13.1. The number of amides is 2. The van der Waals surface area contributed by atoms with Crippen molar-refractivity contribution in [2.45, 2.75) is 32.5 Å². The van der Waals surface area contributed by atoms with Crippen molar-refractivity contribution in [3.63, 3.8) is 0 Å². The summed E-state index contributed by atoms with van der Waals surface area (Å²) < 4.78 is 40.5. The second kappa shape index (κ2) is 9.03. The zero-order chi connectivity index (χ0) is 22.6. The fourth-order valence-corrected chi connectivity index (χ4v) is 3.16. The lowest BCUT2D eigenvalue weighted by Crippen LogP contribution is -2.30. The summed E-state index contributed by atoms with van der Waals surface area (Å²) in [6.45, 7) is 3.03. The summed E-state index contributed by atoms with van der Waals surface area (Å²) >= 11 is 0. The zero-order valence-electron chi connectivity index (χ0n) is 16.9. The zero-order valence-corrected chi connectivity index (χ0v) is 16.9. The summed E-state index contributed by atoms with van der Waals surface area (Å²) in [4.78, 5) is 24.3. The van der Waals surface area contributed by atoms with Crippen molar-refractivity contribution >= 4 is 17.6 Å². The van der Waals surface area contributed by atoms with Crippen molar-refractivity contribution in [3.05, 3.63) is 77.5 Å². The van der Waals surface area contributed by atoms with Gasteiger partial charge in [0, 0.05) is 13.0 Å². The average molecular weight is 430 g/mol. The summed E-state index contributed by atoms with van der Waals surface area (Å²) in [6.07, 6.45) is -4.56. The maximum Gasteiger partial charge on any atom is 0.416 e. The molecule has 0 saturated heterocycles. The lowest BCUT2D eigenvalue weighted by atomic mass is 10.0. The van der Waals surface area contributed by atoms with Crippen LogP contribution in [0.3, 0.4) is 0 Å². The van der Waals surface area contributed by atoms with Crippen molar-refractivity contribution in [2.24, 2.45) is 0 Å². The molecule has 0 aliphatic rings. The van der Waals surface area contributed by atoms with Gasteiger partial charge in [-0.05, 0) is 30.7 Å². The van der Waals surface area contributed by atoms with Crippen LogP contribution in [0, 0.1) is 6.92 Å². The third-order valence-corrected chi connectivity index (χ3v) is 4.49. The molecule has 0 saturated carbocycles. The Labute approximate surface area is 177 Å². The molecular formula is C22H21F3N4O2. The number of benzene rings is 2. The number of carbonyl (C=O) groups is 2. The molecule has 0 fully saturated rings. The van der Waals surface area contributed by atoms with E-state index < -0.39 is 23.7 Å². The van der Waals surface area contributed by atoms with Gasteiger partial charge in [-0.15, -0.1) is 0 Å². The minimum absolute atomic E-state index is 0.0591. The van der Waals surface area contributed by atoms with Crippen molar-refractivity contribution in [1.29, 1.82) is 0 Å². The molecule has 0 radical (unpaired) electrons. The monoisotopic (exact) mass is 430 g/mol. The second-order valence-corrected chi connectivity index (χ2v) is 7.05. The van der Waals surface area contributed by atoms with E-state index in [9.17, 15) is 22.8 Å². The van der Waals surface area contributed by atoms with Gasteiger partial charge in [0.25, 0.3) is 0 Å². The predicted octanol–water partition coefficient (Wildman–Crippen LogP) is 4.41. The van der Waals surface area contributed by atoms with Crippen LogP contribution >= 0.6 is 0 Å². The van der Waals surface area contributed by atoms with Crippen LogP contribution < -0.4 is 10.6 Å². The Kier molecular flexibility index (Phi) is 6.43. The Hall–Kier alpha value is -3.62. The van der Waals surface area contributed by atoms with Gasteiger partial charge in [0.2, 0.25) is 11.8 Å². The van der Waals surface area contributed by atoms with Crippen LogP contribution in [0.25, 0.3) is 5.69 Å². The molecule has 1 heterocycles. The van der Waals surface area contributed by atoms with Gasteiger partial charge in [-0.25, -0.2) is 4.68 Å². The Morgan fingerprint density at radius 3 is 2.42 bits per heavy atom. The van der Waals surface area contributed by atoms with Crippen LogP contribution in [0.2, 0.25) is 0 Å². The molecule has 0 bridgehead atoms. The first kappa shape index (κ1) is 22.1. The van der Waals surface area contributed by atoms with Gasteiger partial charge in [0.15, 0.2) is 0 Å². The molecular weight excluding hydrogens is 409 g/mol. The molecule has 2 N–H and O–H groups in total. The number of hydrogen-bond acceptors (Lipinski definition) is 3. The van der Waals surface area contributed by atoms with E-state index in [0.29, 0.717) is 5.69 Å². The third kappa shape index (κ3) is 5.71. The van der Waals surface area contributed by atoms with E-state index in [-0.39, 0.29) is 23.8 Å². The minimum Gasteiger partial charge on any atom is -0.349 e. The SMILES string of the molecule is CC(=O)NC(CC(=O)Nc1cc(C)nn1-c1cccc(C(F)(F)F)c1)c1ccccc1. The van der Waals surface area contributed by atoms with Gasteiger partial charge < -0.3 is 10.6 Å². The molecule has 1 aromatic heterocycles. The quantitative estimate of drug-likeness (QED) is 0.609. The molecule has 2 amide bonds. The number of alkyl halides is 3. The number of halogens is 3. The Bertz CT molecular complexity index is 1080. The topological polar surface area (TPSA) is 76.0 Å². The first-order valence-electron chi connectivity index (χ1n) is 9.49. The van der Waals surface area contributed by atoms with Crippen molar-refractivity contribution in [2.75, 3.05) is 5.32 Å². The highest BCUT2D eigenvalue weighted by Gasteiger charge is 2.30. The number of aromatic nitrogens is 2. The first-order chi connectivity index (χ1) is 14.6. The van der Waals surface area contributed by atoms with Crippen LogP contribution in [0.4, 0.5) is 19.0 Å². The number of anilines is 1. The first-order valence-corrected chi connectivity index (χ1v) is 9.49. The van der Waals surface area contributed by atoms with Crippen LogP contribution in [0.15, 0.2) is 60.7 Å². The van der Waals surface area contributed by atoms with Crippen molar-refractivity contribution < 1.29 is 22.8 Å². The summed E-state index contributed by atoms with van der Waals surface area (Å²) in [5.41, 5.74) is 0.634. The van der Waals surface area contributed by atoms with Gasteiger partial charge in [-0.2, -0.15) is 18.3 Å². The van der Waals surface area contributed by atoms with Gasteiger partial charge in [-0.3, -0.25) is 9.59 Å². The van der Waals surface area contributed by atoms with E-state index in [1.165, 1.54) is 23.7 Å². The molecule has 31 heavy (non-hydrogen) atoms. The van der Waals surface area contributed by atoms with Crippen LogP contribution in [0.1, 0.15) is 36.2 Å². The summed E-state index contributed by atoms with van der Waals surface area (Å²) in [7, 11) is 0. The van der Waals surface area contributed by atoms with Crippen LogP contribution in [0.5, 0.6) is 0 Å². The molecule has 2 aromatic carbocycles. The largest absolute Gasteiger partial charge is 0.416 e. The summed E-state index contributed by atoms with van der Waals surface area (Å²) in [5.74, 6) is -0.473. The van der Waals surface area contributed by atoms with Gasteiger partial charge in [0.05, 0.1) is 29.4 Å². The van der Waals surface area contributed by atoms with E-state index in [2.05, 4.69) is 15.7 Å². The van der Waals surface area contributed by atoms with Gasteiger partial charge >= 0.3 is 6.18 Å². The third-order valence-electron chi connectivity index (χ3n) is 4.49. The molecule has 3 rings (SSSR count). The van der Waals surface area contributed by atoms with E-state index >= 15 is 0 Å². The van der Waals surface area contributed by atoms with E-state index in [1.54, 1.807) is 37.3 Å². The fourth-order valence-electron chi connectivity index (χ4n) is 3.16. The Balaban J connectivity index is 1.83. The number of rotatable bonds is 6. The molecule has 162 valence electrons. The molecule has 0 aliphatic carbocycles. The second-order valence-electron chi connectivity index (χ2n) is 7.05. The molecule has 0 spiro atoms. The highest BCUT2D eigenvalue weighted by Crippen LogP contribution is 2.31. The summed E-state index contributed by atoms with van der Waals surface area (Å²) in [5, 5.41) is 9.64. The lowest BCUT2D eigenvalue weighted by Gasteiger charge is -2.18. The minimum atomic E-state index is -4.50. The average Bonchev–Trinajstić information content (AvgIpc) is 3.07. The molecule has 3 aromatic rings. The Morgan fingerprint density at radius 2 is 1.77 bits per heavy atom. The normalized spacial score (nSPS) is 12.3. The van der Waals surface area contributed by atoms with Crippen LogP contribution in [-0.4, -0.2) is 21.6 Å². The highest BCUT2D eigenvalue weighted by molar-refractivity contribution is 5.91. The maximum atomic E-state index is 13.1. The number of hydrogen-bond donors (Lipinski definition) is 2. The number of carbonyl (C=O) groups excluding carboxylic acids is 2. The smallest absolute Gasteiger partial charge is 0.349 e. The predicted molar refractivity (Wildman–Crippen MR) is 110 cm³/mol. The van der Waals surface area contributed by atoms with Gasteiger partial charge in [0.1, 0.15) is 5.82 Å². The lowest BCUT2D eigenvalue weighted by molar-refractivity contribution is -0.137. The molecule has 1 unspecified atom stereocenters. The highest BCUT2D eigenvalue weighted by atomic mass is 19.4. The number of aryl methyl sites for hydroxylation is 1. The van der Waals surface area contributed by atoms with Crippen LogP contribution in [-0.2, 0) is 15.8 Å². The van der Waals surface area contributed by atoms with E-state index in [1.807, 2.05) is 6.07 Å². The fraction of sp³-hybridized carbons (Fsp3) is 0.227. The van der Waals surface area contributed by atoms with E-state index in [0.717, 1.165) is 17.7 Å². The van der Waals surface area contributed by atoms with Crippen molar-refractivity contribution in [1.82, 2.24) is 15.1 Å². The molecule has 6 nitrogen and oxygen atoms in total. The van der Waals surface area contributed by atoms with E-state index in [4.69, 9.17) is 0 Å². The number of nitrogens with zero attached hydrogens (tertiary/aromatic N) is 2. The summed E-state index contributed by atoms with van der Waals surface area (Å²) in [6, 6.07) is 14.7.